The minimum absolute atomic E-state index is 0.280. The van der Waals surface area contributed by atoms with Crippen molar-refractivity contribution in [3.05, 3.63) is 46.3 Å². The molecule has 12 nitrogen and oxygen atoms in total. The Kier molecular flexibility index (Phi) is 7.26. The van der Waals surface area contributed by atoms with E-state index < -0.39 is 48.7 Å². The quantitative estimate of drug-likeness (QED) is 0.297. The van der Waals surface area contributed by atoms with Gasteiger partial charge in [0, 0.05) is 17.0 Å². The number of amides is 1. The normalized spacial score (nSPS) is 11.4. The highest BCUT2D eigenvalue weighted by Gasteiger charge is 2.27. The Labute approximate surface area is 161 Å². The number of nitrogens with one attached hydrogen (secondary N) is 1. The molecule has 0 aliphatic rings. The van der Waals surface area contributed by atoms with Crippen molar-refractivity contribution in [3.8, 4) is 0 Å². The fourth-order valence-electron chi connectivity index (χ4n) is 2.19. The zero-order valence-electron chi connectivity index (χ0n) is 14.7. The van der Waals surface area contributed by atoms with Gasteiger partial charge in [-0.25, -0.2) is 19.2 Å². The third kappa shape index (κ3) is 6.62. The summed E-state index contributed by atoms with van der Waals surface area (Å²) in [7, 11) is 0. The fourth-order valence-corrected chi connectivity index (χ4v) is 2.19. The maximum Gasteiger partial charge on any atom is 0.408 e. The molecule has 1 aromatic carbocycles. The van der Waals surface area contributed by atoms with Crippen molar-refractivity contribution < 1.29 is 48.3 Å². The van der Waals surface area contributed by atoms with E-state index in [1.807, 2.05) is 5.32 Å². The number of ether oxygens (including phenoxy) is 1. The standard InChI is InChI=1S/C17H15NO11/c19-13(20)6-11(16(24)29-27-8-14(21)22)18-17(25)26-7-9-5-15(23)28-12-4-2-1-3-10(9)12/h1-5,11H,6-8H2,(H,18,25)(H,19,20)(H,21,22)/t11-/m0/s1. The van der Waals surface area contributed by atoms with Gasteiger partial charge < -0.3 is 24.7 Å². The molecular weight excluding hydrogens is 394 g/mol. The van der Waals surface area contributed by atoms with E-state index in [2.05, 4.69) is 9.78 Å². The SMILES string of the molecule is O=C(O)COOC(=O)[C@H](CC(=O)O)NC(=O)OCc1cc(=O)oc2ccccc12. The van der Waals surface area contributed by atoms with Crippen LogP contribution in [0.15, 0.2) is 39.5 Å². The molecule has 3 N–H and O–H groups in total. The van der Waals surface area contributed by atoms with Crippen LogP contribution in [-0.2, 0) is 35.5 Å². The number of benzene rings is 1. The Morgan fingerprint density at radius 1 is 1.10 bits per heavy atom. The Morgan fingerprint density at radius 3 is 2.52 bits per heavy atom. The van der Waals surface area contributed by atoms with Gasteiger partial charge in [0.1, 0.15) is 18.2 Å². The number of hydrogen-bond donors (Lipinski definition) is 3. The maximum absolute atomic E-state index is 11.9. The molecule has 1 atom stereocenters. The number of hydrogen-bond acceptors (Lipinski definition) is 9. The highest BCUT2D eigenvalue weighted by atomic mass is 17.2. The van der Waals surface area contributed by atoms with Crippen molar-refractivity contribution in [1.82, 2.24) is 5.32 Å². The first-order chi connectivity index (χ1) is 13.8. The van der Waals surface area contributed by atoms with Crippen LogP contribution in [0.1, 0.15) is 12.0 Å². The molecule has 12 heteroatoms. The summed E-state index contributed by atoms with van der Waals surface area (Å²) in [6.07, 6.45) is -2.05. The third-order valence-electron chi connectivity index (χ3n) is 3.37. The van der Waals surface area contributed by atoms with Gasteiger partial charge in [-0.3, -0.25) is 9.68 Å². The van der Waals surface area contributed by atoms with Crippen molar-refractivity contribution in [1.29, 1.82) is 0 Å². The number of alkyl carbamates (subject to hydrolysis) is 1. The number of carboxylic acid groups (broad SMARTS) is 2. The number of carbonyl (C=O) groups is 4. The van der Waals surface area contributed by atoms with Crippen molar-refractivity contribution >= 4 is 35.0 Å². The summed E-state index contributed by atoms with van der Waals surface area (Å²) >= 11 is 0. The summed E-state index contributed by atoms with van der Waals surface area (Å²) in [5.41, 5.74) is -0.0540. The van der Waals surface area contributed by atoms with Gasteiger partial charge in [0.15, 0.2) is 6.61 Å². The lowest BCUT2D eigenvalue weighted by Gasteiger charge is -2.15. The minimum atomic E-state index is -1.70. The molecule has 1 heterocycles. The lowest BCUT2D eigenvalue weighted by molar-refractivity contribution is -0.272. The van der Waals surface area contributed by atoms with Gasteiger partial charge in [-0.1, -0.05) is 18.2 Å². The Balaban J connectivity index is 2.01. The summed E-state index contributed by atoms with van der Waals surface area (Å²) in [5.74, 6) is -4.21. The number of para-hydroxylation sites is 1. The lowest BCUT2D eigenvalue weighted by atomic mass is 10.1. The smallest absolute Gasteiger partial charge is 0.408 e. The zero-order chi connectivity index (χ0) is 21.4. The number of carbonyl (C=O) groups excluding carboxylic acids is 2. The topological polar surface area (TPSA) is 179 Å². The molecule has 1 aromatic heterocycles. The third-order valence-corrected chi connectivity index (χ3v) is 3.37. The molecule has 0 fully saturated rings. The molecule has 0 saturated heterocycles. The van der Waals surface area contributed by atoms with Gasteiger partial charge in [-0.15, -0.1) is 0 Å². The van der Waals surface area contributed by atoms with Crippen molar-refractivity contribution in [2.24, 2.45) is 0 Å². The molecule has 0 bridgehead atoms. The molecule has 0 radical (unpaired) electrons. The molecule has 29 heavy (non-hydrogen) atoms. The van der Waals surface area contributed by atoms with E-state index in [0.717, 1.165) is 6.07 Å². The molecule has 1 amide bonds. The van der Waals surface area contributed by atoms with E-state index >= 15 is 0 Å². The van der Waals surface area contributed by atoms with Crippen LogP contribution in [-0.4, -0.2) is 46.9 Å². The van der Waals surface area contributed by atoms with E-state index in [0.29, 0.717) is 10.9 Å². The summed E-state index contributed by atoms with van der Waals surface area (Å²) < 4.78 is 9.94. The second kappa shape index (κ2) is 9.85. The zero-order valence-corrected chi connectivity index (χ0v) is 14.7. The average molecular weight is 409 g/mol. The van der Waals surface area contributed by atoms with Crippen molar-refractivity contribution in [3.63, 3.8) is 0 Å². The van der Waals surface area contributed by atoms with Crippen LogP contribution in [0.5, 0.6) is 0 Å². The summed E-state index contributed by atoms with van der Waals surface area (Å²) in [6.45, 7) is -1.35. The number of aliphatic carboxylic acids is 2. The molecule has 2 rings (SSSR count). The van der Waals surface area contributed by atoms with Crippen LogP contribution in [0.25, 0.3) is 11.0 Å². The first-order valence-electron chi connectivity index (χ1n) is 7.98. The van der Waals surface area contributed by atoms with Crippen LogP contribution in [0.4, 0.5) is 4.79 Å². The second-order valence-electron chi connectivity index (χ2n) is 5.52. The number of fused-ring (bicyclic) bond motifs is 1. The second-order valence-corrected chi connectivity index (χ2v) is 5.52. The van der Waals surface area contributed by atoms with Gasteiger partial charge in [0.2, 0.25) is 0 Å². The molecule has 0 aliphatic heterocycles. The van der Waals surface area contributed by atoms with Gasteiger partial charge >= 0.3 is 29.6 Å². The van der Waals surface area contributed by atoms with Crippen LogP contribution in [0.2, 0.25) is 0 Å². The van der Waals surface area contributed by atoms with Crippen LogP contribution in [0, 0.1) is 0 Å². The van der Waals surface area contributed by atoms with Gasteiger partial charge in [-0.2, -0.15) is 4.89 Å². The summed E-state index contributed by atoms with van der Waals surface area (Å²) in [6, 6.07) is 5.94. The maximum atomic E-state index is 11.9. The summed E-state index contributed by atoms with van der Waals surface area (Å²) in [4.78, 5) is 64.7. The van der Waals surface area contributed by atoms with Crippen molar-refractivity contribution in [2.75, 3.05) is 6.61 Å². The molecule has 0 unspecified atom stereocenters. The van der Waals surface area contributed by atoms with E-state index in [1.165, 1.54) is 0 Å². The molecule has 154 valence electrons. The van der Waals surface area contributed by atoms with E-state index in [-0.39, 0.29) is 12.2 Å². The first-order valence-corrected chi connectivity index (χ1v) is 7.98. The Morgan fingerprint density at radius 2 is 1.83 bits per heavy atom. The van der Waals surface area contributed by atoms with E-state index in [9.17, 15) is 24.0 Å². The van der Waals surface area contributed by atoms with Gasteiger partial charge in [0.05, 0.1) is 6.42 Å². The van der Waals surface area contributed by atoms with Crippen LogP contribution in [0.3, 0.4) is 0 Å². The molecule has 0 spiro atoms. The Hall–Kier alpha value is -3.93. The minimum Gasteiger partial charge on any atom is -0.481 e. The Bertz CT molecular complexity index is 981. The fraction of sp³-hybridized carbons (Fsp3) is 0.235. The number of rotatable bonds is 9. The highest BCUT2D eigenvalue weighted by molar-refractivity contribution is 5.85. The monoisotopic (exact) mass is 409 g/mol. The van der Waals surface area contributed by atoms with Crippen LogP contribution >= 0.6 is 0 Å². The average Bonchev–Trinajstić information content (AvgIpc) is 2.64. The predicted octanol–water partition coefficient (Wildman–Crippen LogP) is 0.422. The molecule has 2 aromatic rings. The highest BCUT2D eigenvalue weighted by Crippen LogP contribution is 2.17. The molecular formula is C17H15NO11. The van der Waals surface area contributed by atoms with E-state index in [4.69, 9.17) is 19.4 Å². The van der Waals surface area contributed by atoms with Crippen LogP contribution < -0.4 is 10.9 Å². The van der Waals surface area contributed by atoms with Gasteiger partial charge in [-0.05, 0) is 6.07 Å². The number of carboxylic acids is 2. The van der Waals surface area contributed by atoms with E-state index in [1.54, 1.807) is 24.3 Å². The first kappa shape index (κ1) is 21.4. The summed E-state index contributed by atoms with van der Waals surface area (Å²) in [5, 5.41) is 19.7. The molecule has 0 aliphatic carbocycles. The largest absolute Gasteiger partial charge is 0.481 e. The van der Waals surface area contributed by atoms with Crippen molar-refractivity contribution in [2.45, 2.75) is 19.1 Å². The lowest BCUT2D eigenvalue weighted by Crippen LogP contribution is -2.43. The molecule has 0 saturated carbocycles. The van der Waals surface area contributed by atoms with Gasteiger partial charge in [0.25, 0.3) is 0 Å². The predicted molar refractivity (Wildman–Crippen MR) is 91.5 cm³/mol.